The van der Waals surface area contributed by atoms with E-state index in [1.807, 2.05) is 26.0 Å². The summed E-state index contributed by atoms with van der Waals surface area (Å²) < 4.78 is 14.6. The average Bonchev–Trinajstić information content (AvgIpc) is 3.53. The number of amides is 3. The summed E-state index contributed by atoms with van der Waals surface area (Å²) >= 11 is 4.71. The van der Waals surface area contributed by atoms with Crippen LogP contribution in [-0.2, 0) is 32.5 Å². The highest BCUT2D eigenvalue weighted by atomic mass is 35.5. The molecule has 2 aromatic carbocycles. The summed E-state index contributed by atoms with van der Waals surface area (Å²) in [6.45, 7) is 14.7. The zero-order chi connectivity index (χ0) is 37.0. The number of Topliss-reactive ketones (excluding diaryl/α,β-unsaturated/α-hetero) is 2. The number of benzene rings is 2. The average molecular weight is 695 g/mol. The van der Waals surface area contributed by atoms with Gasteiger partial charge >= 0.3 is 0 Å². The highest BCUT2D eigenvalue weighted by Gasteiger charge is 2.27. The van der Waals surface area contributed by atoms with Crippen molar-refractivity contribution in [2.45, 2.75) is 41.0 Å². The lowest BCUT2D eigenvalue weighted by Crippen LogP contribution is -2.26. The first-order chi connectivity index (χ1) is 23.2. The van der Waals surface area contributed by atoms with Crippen LogP contribution in [0.15, 0.2) is 61.7 Å². The summed E-state index contributed by atoms with van der Waals surface area (Å²) in [5.41, 5.74) is 19.0. The highest BCUT2D eigenvalue weighted by Crippen LogP contribution is 2.35. The number of carbonyl (C=O) groups excluding carboxylic acids is 6. The number of nitrogens with two attached hydrogens (primary N) is 3. The van der Waals surface area contributed by atoms with Crippen LogP contribution in [-0.4, -0.2) is 56.9 Å². The number of hydrogen-bond donors (Lipinski definition) is 4. The van der Waals surface area contributed by atoms with Crippen molar-refractivity contribution in [3.05, 3.63) is 84.2 Å². The maximum absolute atomic E-state index is 12.3. The lowest BCUT2D eigenvalue weighted by Gasteiger charge is -2.09. The van der Waals surface area contributed by atoms with Gasteiger partial charge in [-0.1, -0.05) is 25.3 Å². The molecule has 0 saturated heterocycles. The quantitative estimate of drug-likeness (QED) is 0.0698. The summed E-state index contributed by atoms with van der Waals surface area (Å²) in [5, 5.41) is 3.24. The number of carbonyl (C=O) groups is 6. The van der Waals surface area contributed by atoms with Gasteiger partial charge in [0.15, 0.2) is 0 Å². The summed E-state index contributed by atoms with van der Waals surface area (Å²) in [5.74, 6) is -2.87. The number of ketones is 2. The summed E-state index contributed by atoms with van der Waals surface area (Å²) in [6, 6.07) is 10.7. The highest BCUT2D eigenvalue weighted by molar-refractivity contribution is 6.66. The summed E-state index contributed by atoms with van der Waals surface area (Å²) in [6.07, 6.45) is 2.20. The molecule has 0 bridgehead atoms. The first-order valence-electron chi connectivity index (χ1n) is 14.8. The van der Waals surface area contributed by atoms with Crippen molar-refractivity contribution in [2.24, 2.45) is 17.2 Å². The predicted octanol–water partition coefficient (Wildman–Crippen LogP) is 3.15. The first-order valence-corrected chi connectivity index (χ1v) is 15.2. The number of ether oxygens (including phenoxy) is 2. The number of rotatable bonds is 13. The van der Waals surface area contributed by atoms with Gasteiger partial charge in [0, 0.05) is 11.4 Å². The van der Waals surface area contributed by atoms with Crippen LogP contribution in [0.1, 0.15) is 46.0 Å². The molecule has 3 amide bonds. The van der Waals surface area contributed by atoms with Crippen molar-refractivity contribution in [1.82, 2.24) is 14.5 Å². The van der Waals surface area contributed by atoms with E-state index in [9.17, 15) is 28.8 Å². The van der Waals surface area contributed by atoms with Crippen molar-refractivity contribution in [3.8, 4) is 11.5 Å². The molecule has 260 valence electrons. The fraction of sp³-hybridized carbons (Fsp3) is 0.235. The third-order valence-corrected chi connectivity index (χ3v) is 7.22. The van der Waals surface area contributed by atoms with Gasteiger partial charge in [-0.05, 0) is 75.7 Å². The standard InChI is InChI=1S/C17H19N3O4.C14H17N3O3.C3H3ClO/c1-4-13(21)19-9-20-10(3)14(16(22)17(18)23)15-11(20)7-6-8-12(15)24-5-2;1-3-20-10-6-4-5-9-12(10)11(13(18)14(16)19)8(2)17(9)7-15;1-2-3(4)5/h4,6-8H,1,5,9H2,2-3H3,(H2,18,23)(H,19,21);4-6H,3,7,15H2,1-2H3,(H2,16,19);2H,1H2. The minimum absolute atomic E-state index is 0.120. The fourth-order valence-corrected chi connectivity index (χ4v) is 5.01. The lowest BCUT2D eigenvalue weighted by atomic mass is 10.1. The minimum atomic E-state index is -1.04. The van der Waals surface area contributed by atoms with Crippen LogP contribution >= 0.6 is 11.6 Å². The van der Waals surface area contributed by atoms with Gasteiger partial charge in [-0.15, -0.1) is 0 Å². The van der Waals surface area contributed by atoms with Crippen molar-refractivity contribution >= 4 is 67.9 Å². The Bertz CT molecular complexity index is 1940. The van der Waals surface area contributed by atoms with Gasteiger partial charge < -0.3 is 41.1 Å². The van der Waals surface area contributed by atoms with E-state index >= 15 is 0 Å². The van der Waals surface area contributed by atoms with Gasteiger partial charge in [0.2, 0.25) is 11.1 Å². The molecule has 0 saturated carbocycles. The molecule has 0 fully saturated rings. The molecule has 7 N–H and O–H groups in total. The number of nitrogens with one attached hydrogen (secondary N) is 1. The van der Waals surface area contributed by atoms with Crippen LogP contribution in [0.3, 0.4) is 0 Å². The molecule has 0 aliphatic heterocycles. The Morgan fingerprint density at radius 3 is 1.53 bits per heavy atom. The van der Waals surface area contributed by atoms with Gasteiger partial charge in [-0.2, -0.15) is 0 Å². The van der Waals surface area contributed by atoms with Gasteiger partial charge in [-0.25, -0.2) is 0 Å². The molecule has 0 radical (unpaired) electrons. The Balaban J connectivity index is 0.000000303. The van der Waals surface area contributed by atoms with Crippen LogP contribution in [0.5, 0.6) is 11.5 Å². The molecule has 0 atom stereocenters. The normalized spacial score (nSPS) is 10.2. The van der Waals surface area contributed by atoms with Crippen molar-refractivity contribution in [1.29, 1.82) is 0 Å². The van der Waals surface area contributed by atoms with E-state index in [1.54, 1.807) is 47.2 Å². The Hall–Kier alpha value is -5.73. The molecule has 4 rings (SSSR count). The molecule has 14 nitrogen and oxygen atoms in total. The SMILES string of the molecule is C=CC(=O)Cl.C=CC(=O)NCn1c(C)c(C(=O)C(N)=O)c2c(OCC)cccc21.CCOc1cccc2c1c(C(=O)C(N)=O)c(C)n2CN. The monoisotopic (exact) mass is 694 g/mol. The Labute approximate surface area is 287 Å². The lowest BCUT2D eigenvalue weighted by molar-refractivity contribution is -0.117. The number of nitrogens with zero attached hydrogens (tertiary/aromatic N) is 2. The molecule has 0 spiro atoms. The molecular formula is C34H39ClN6O8. The number of hydrogen-bond acceptors (Lipinski definition) is 9. The molecular weight excluding hydrogens is 656 g/mol. The molecule has 4 aromatic rings. The van der Waals surface area contributed by atoms with E-state index < -0.39 is 28.6 Å². The van der Waals surface area contributed by atoms with Crippen LogP contribution in [0.4, 0.5) is 0 Å². The Morgan fingerprint density at radius 1 is 0.776 bits per heavy atom. The zero-order valence-corrected chi connectivity index (χ0v) is 28.4. The van der Waals surface area contributed by atoms with Gasteiger partial charge in [0.1, 0.15) is 11.5 Å². The second kappa shape index (κ2) is 18.0. The predicted molar refractivity (Wildman–Crippen MR) is 186 cm³/mol. The maximum atomic E-state index is 12.3. The van der Waals surface area contributed by atoms with E-state index in [-0.39, 0.29) is 30.4 Å². The van der Waals surface area contributed by atoms with E-state index in [0.717, 1.165) is 17.7 Å². The van der Waals surface area contributed by atoms with Gasteiger partial charge in [-0.3, -0.25) is 28.8 Å². The molecule has 0 unspecified atom stereocenters. The van der Waals surface area contributed by atoms with Gasteiger partial charge in [0.25, 0.3) is 23.4 Å². The Kier molecular flexibility index (Phi) is 14.5. The molecule has 2 aromatic heterocycles. The maximum Gasteiger partial charge on any atom is 0.289 e. The summed E-state index contributed by atoms with van der Waals surface area (Å²) in [7, 11) is 0. The first kappa shape index (κ1) is 39.4. The van der Waals surface area contributed by atoms with Crippen molar-refractivity contribution < 1.29 is 38.2 Å². The zero-order valence-electron chi connectivity index (χ0n) is 27.6. The van der Waals surface area contributed by atoms with Crippen LogP contribution in [0.25, 0.3) is 21.8 Å². The van der Waals surface area contributed by atoms with Crippen LogP contribution in [0.2, 0.25) is 0 Å². The molecule has 0 aliphatic rings. The third kappa shape index (κ3) is 9.00. The second-order valence-corrected chi connectivity index (χ2v) is 10.3. The van der Waals surface area contributed by atoms with Crippen LogP contribution < -0.4 is 32.0 Å². The molecule has 15 heteroatoms. The van der Waals surface area contributed by atoms with E-state index in [2.05, 4.69) is 18.5 Å². The number of halogens is 1. The number of aromatic nitrogens is 2. The smallest absolute Gasteiger partial charge is 0.289 e. The number of allylic oxidation sites excluding steroid dienone is 1. The van der Waals surface area contributed by atoms with Crippen molar-refractivity contribution in [3.63, 3.8) is 0 Å². The van der Waals surface area contributed by atoms with Crippen LogP contribution in [0, 0.1) is 13.8 Å². The molecule has 2 heterocycles. The van der Waals surface area contributed by atoms with Gasteiger partial charge in [0.05, 0.1) is 59.5 Å². The molecule has 49 heavy (non-hydrogen) atoms. The topological polar surface area (TPSA) is 221 Å². The minimum Gasteiger partial charge on any atom is -0.493 e. The second-order valence-electron chi connectivity index (χ2n) is 9.92. The fourth-order valence-electron chi connectivity index (χ4n) is 5.01. The van der Waals surface area contributed by atoms with E-state index in [4.69, 9.17) is 38.3 Å². The number of fused-ring (bicyclic) bond motifs is 2. The van der Waals surface area contributed by atoms with Crippen molar-refractivity contribution in [2.75, 3.05) is 13.2 Å². The van der Waals surface area contributed by atoms with E-state index in [1.165, 1.54) is 0 Å². The largest absolute Gasteiger partial charge is 0.493 e. The Morgan fingerprint density at radius 2 is 1.18 bits per heavy atom. The molecule has 0 aliphatic carbocycles. The number of primary amides is 2. The third-order valence-electron chi connectivity index (χ3n) is 7.06. The van der Waals surface area contributed by atoms with E-state index in [0.29, 0.717) is 52.4 Å². The summed E-state index contributed by atoms with van der Waals surface area (Å²) in [4.78, 5) is 68.0.